The number of barbiturate groups is 1. The molecule has 1 N–H and O–H groups in total. The molecule has 0 aliphatic carbocycles. The van der Waals surface area contributed by atoms with Crippen LogP contribution < -0.4 is 19.7 Å². The van der Waals surface area contributed by atoms with Crippen LogP contribution in [0, 0.1) is 5.82 Å². The number of carbonyl (C=O) groups is 3. The Morgan fingerprint density at radius 3 is 2.40 bits per heavy atom. The molecule has 178 valence electrons. The predicted molar refractivity (Wildman–Crippen MR) is 129 cm³/mol. The summed E-state index contributed by atoms with van der Waals surface area (Å²) >= 11 is 12.1. The number of benzene rings is 3. The molecule has 1 heterocycles. The fourth-order valence-corrected chi connectivity index (χ4v) is 3.80. The first kappa shape index (κ1) is 24.3. The smallest absolute Gasteiger partial charge is 0.335 e. The first-order chi connectivity index (χ1) is 16.8. The first-order valence-corrected chi connectivity index (χ1v) is 10.9. The Morgan fingerprint density at radius 1 is 0.971 bits per heavy atom. The molecule has 0 saturated carbocycles. The third-order valence-corrected chi connectivity index (χ3v) is 5.67. The van der Waals surface area contributed by atoms with E-state index in [0.717, 1.165) is 22.6 Å². The normalized spacial score (nSPS) is 14.8. The summed E-state index contributed by atoms with van der Waals surface area (Å²) in [5.41, 5.74) is 1.01. The van der Waals surface area contributed by atoms with Crippen LogP contribution in [0.5, 0.6) is 11.5 Å². The van der Waals surface area contributed by atoms with Crippen LogP contribution in [0.15, 0.2) is 66.2 Å². The summed E-state index contributed by atoms with van der Waals surface area (Å²) in [4.78, 5) is 38.4. The average Bonchev–Trinajstić information content (AvgIpc) is 2.82. The van der Waals surface area contributed by atoms with Gasteiger partial charge in [0.1, 0.15) is 18.0 Å². The molecule has 3 aromatic rings. The molecule has 10 heteroatoms. The average molecular weight is 515 g/mol. The van der Waals surface area contributed by atoms with Crippen molar-refractivity contribution in [3.63, 3.8) is 0 Å². The Morgan fingerprint density at radius 2 is 1.71 bits per heavy atom. The molecule has 3 aromatic carbocycles. The Kier molecular flexibility index (Phi) is 7.04. The topological polar surface area (TPSA) is 84.9 Å². The quantitative estimate of drug-likeness (QED) is 0.352. The van der Waals surface area contributed by atoms with Crippen LogP contribution in [-0.2, 0) is 16.2 Å². The summed E-state index contributed by atoms with van der Waals surface area (Å²) in [5, 5.41) is 3.09. The summed E-state index contributed by atoms with van der Waals surface area (Å²) in [5.74, 6) is -1.47. The van der Waals surface area contributed by atoms with Crippen molar-refractivity contribution in [2.75, 3.05) is 12.0 Å². The van der Waals surface area contributed by atoms with Gasteiger partial charge in [-0.3, -0.25) is 14.9 Å². The van der Waals surface area contributed by atoms with E-state index in [1.54, 1.807) is 36.4 Å². The summed E-state index contributed by atoms with van der Waals surface area (Å²) in [6.07, 6.45) is 1.32. The maximum absolute atomic E-state index is 13.3. The molecule has 0 bridgehead atoms. The predicted octanol–water partition coefficient (Wildman–Crippen LogP) is 5.39. The molecule has 0 unspecified atom stereocenters. The van der Waals surface area contributed by atoms with Crippen molar-refractivity contribution in [1.82, 2.24) is 5.32 Å². The van der Waals surface area contributed by atoms with Gasteiger partial charge in [-0.25, -0.2) is 14.1 Å². The highest BCUT2D eigenvalue weighted by atomic mass is 35.5. The zero-order valence-electron chi connectivity index (χ0n) is 18.2. The van der Waals surface area contributed by atoms with E-state index in [9.17, 15) is 18.8 Å². The number of anilines is 1. The number of carbonyl (C=O) groups excluding carboxylic acids is 3. The molecule has 1 fully saturated rings. The van der Waals surface area contributed by atoms with Crippen LogP contribution in [-0.4, -0.2) is 25.0 Å². The Hall–Kier alpha value is -3.88. The fourth-order valence-electron chi connectivity index (χ4n) is 3.34. The minimum absolute atomic E-state index is 0.120. The molecular formula is C25H17Cl2FN2O5. The standard InChI is InChI=1S/C25H17Cl2FN2O5/c1-34-22-11-14(2-9-21(22)35-13-15-3-4-16(26)12-20(15)27)10-19-23(31)29-25(33)30(24(19)32)18-7-5-17(28)6-8-18/h2-12H,13H2,1H3,(H,29,31,33)/b19-10+. The van der Waals surface area contributed by atoms with Gasteiger partial charge in [-0.2, -0.15) is 0 Å². The summed E-state index contributed by atoms with van der Waals surface area (Å²) in [6.45, 7) is 0.155. The second-order valence-corrected chi connectivity index (χ2v) is 8.21. The molecule has 35 heavy (non-hydrogen) atoms. The number of imide groups is 2. The summed E-state index contributed by atoms with van der Waals surface area (Å²) in [7, 11) is 1.45. The van der Waals surface area contributed by atoms with Gasteiger partial charge in [-0.1, -0.05) is 35.3 Å². The number of nitrogens with zero attached hydrogens (tertiary/aromatic N) is 1. The van der Waals surface area contributed by atoms with Gasteiger partial charge in [-0.05, 0) is 60.2 Å². The van der Waals surface area contributed by atoms with Gasteiger partial charge >= 0.3 is 6.03 Å². The van der Waals surface area contributed by atoms with Gasteiger partial charge in [0.05, 0.1) is 12.8 Å². The highest BCUT2D eigenvalue weighted by Crippen LogP contribution is 2.31. The van der Waals surface area contributed by atoms with Crippen molar-refractivity contribution < 1.29 is 28.2 Å². The highest BCUT2D eigenvalue weighted by molar-refractivity contribution is 6.39. The SMILES string of the molecule is COc1cc(/C=C2\C(=O)NC(=O)N(c3ccc(F)cc3)C2=O)ccc1OCc1ccc(Cl)cc1Cl. The Balaban J connectivity index is 1.59. The molecule has 1 aliphatic rings. The number of ether oxygens (including phenoxy) is 2. The largest absolute Gasteiger partial charge is 0.493 e. The highest BCUT2D eigenvalue weighted by Gasteiger charge is 2.36. The number of hydrogen-bond acceptors (Lipinski definition) is 5. The molecule has 0 atom stereocenters. The fraction of sp³-hybridized carbons (Fsp3) is 0.0800. The lowest BCUT2D eigenvalue weighted by atomic mass is 10.1. The van der Waals surface area contributed by atoms with E-state index in [2.05, 4.69) is 5.32 Å². The van der Waals surface area contributed by atoms with E-state index in [-0.39, 0.29) is 17.9 Å². The van der Waals surface area contributed by atoms with E-state index in [4.69, 9.17) is 32.7 Å². The summed E-state index contributed by atoms with van der Waals surface area (Å²) in [6, 6.07) is 13.7. The first-order valence-electron chi connectivity index (χ1n) is 10.2. The molecule has 4 rings (SSSR count). The van der Waals surface area contributed by atoms with Crippen molar-refractivity contribution >= 4 is 52.8 Å². The van der Waals surface area contributed by atoms with Crippen LogP contribution in [0.4, 0.5) is 14.9 Å². The zero-order valence-corrected chi connectivity index (χ0v) is 19.7. The lowest BCUT2D eigenvalue weighted by Gasteiger charge is -2.26. The summed E-state index contributed by atoms with van der Waals surface area (Å²) < 4.78 is 24.5. The number of halogens is 3. The van der Waals surface area contributed by atoms with Gasteiger partial charge in [0, 0.05) is 15.6 Å². The maximum atomic E-state index is 13.3. The van der Waals surface area contributed by atoms with Crippen molar-refractivity contribution in [2.45, 2.75) is 6.61 Å². The van der Waals surface area contributed by atoms with Gasteiger partial charge in [0.25, 0.3) is 11.8 Å². The lowest BCUT2D eigenvalue weighted by Crippen LogP contribution is -2.54. The monoisotopic (exact) mass is 514 g/mol. The van der Waals surface area contributed by atoms with Gasteiger partial charge in [0.15, 0.2) is 11.5 Å². The van der Waals surface area contributed by atoms with Gasteiger partial charge in [0.2, 0.25) is 0 Å². The number of amides is 4. The number of hydrogen-bond donors (Lipinski definition) is 1. The minimum atomic E-state index is -0.925. The van der Waals surface area contributed by atoms with Crippen LogP contribution in [0.2, 0.25) is 10.0 Å². The number of urea groups is 1. The van der Waals surface area contributed by atoms with Crippen LogP contribution >= 0.6 is 23.2 Å². The molecule has 0 aromatic heterocycles. The lowest BCUT2D eigenvalue weighted by molar-refractivity contribution is -0.122. The molecule has 1 saturated heterocycles. The van der Waals surface area contributed by atoms with Crippen molar-refractivity contribution in [3.8, 4) is 11.5 Å². The number of nitrogens with one attached hydrogen (secondary N) is 1. The Bertz CT molecular complexity index is 1360. The molecular weight excluding hydrogens is 498 g/mol. The second-order valence-electron chi connectivity index (χ2n) is 7.37. The number of methoxy groups -OCH3 is 1. The number of rotatable bonds is 6. The van der Waals surface area contributed by atoms with E-state index < -0.39 is 23.7 Å². The molecule has 1 aliphatic heterocycles. The van der Waals surface area contributed by atoms with E-state index in [1.165, 1.54) is 25.3 Å². The van der Waals surface area contributed by atoms with Gasteiger partial charge < -0.3 is 9.47 Å². The Labute approximate surface area is 209 Å². The second kappa shape index (κ2) is 10.2. The van der Waals surface area contributed by atoms with E-state index in [1.807, 2.05) is 0 Å². The van der Waals surface area contributed by atoms with Crippen molar-refractivity contribution in [1.29, 1.82) is 0 Å². The third kappa shape index (κ3) is 5.29. The molecule has 7 nitrogen and oxygen atoms in total. The van der Waals surface area contributed by atoms with Crippen molar-refractivity contribution in [2.24, 2.45) is 0 Å². The molecule has 0 spiro atoms. The van der Waals surface area contributed by atoms with Crippen molar-refractivity contribution in [3.05, 3.63) is 93.2 Å². The van der Waals surface area contributed by atoms with Crippen LogP contribution in [0.3, 0.4) is 0 Å². The van der Waals surface area contributed by atoms with Gasteiger partial charge in [-0.15, -0.1) is 0 Å². The molecule has 0 radical (unpaired) electrons. The maximum Gasteiger partial charge on any atom is 0.335 e. The third-order valence-electron chi connectivity index (χ3n) is 5.08. The van der Waals surface area contributed by atoms with E-state index >= 15 is 0 Å². The van der Waals surface area contributed by atoms with E-state index in [0.29, 0.717) is 27.1 Å². The zero-order chi connectivity index (χ0) is 25.1. The molecule has 4 amide bonds. The minimum Gasteiger partial charge on any atom is -0.493 e. The van der Waals surface area contributed by atoms with Crippen LogP contribution in [0.25, 0.3) is 6.08 Å². The van der Waals surface area contributed by atoms with Crippen LogP contribution in [0.1, 0.15) is 11.1 Å².